The highest BCUT2D eigenvalue weighted by Gasteiger charge is 2.17. The molecule has 0 amide bonds. The van der Waals surface area contributed by atoms with E-state index in [9.17, 15) is 9.18 Å². The lowest BCUT2D eigenvalue weighted by Crippen LogP contribution is -2.09. The first kappa shape index (κ1) is 18.0. The van der Waals surface area contributed by atoms with Crippen molar-refractivity contribution in [3.05, 3.63) is 57.3 Å². The molecule has 6 heteroatoms. The van der Waals surface area contributed by atoms with Gasteiger partial charge < -0.3 is 9.47 Å². The number of aryl methyl sites for hydroxylation is 1. The molecule has 0 unspecified atom stereocenters. The summed E-state index contributed by atoms with van der Waals surface area (Å²) in [5.74, 6) is -0.753. The molecule has 0 spiro atoms. The van der Waals surface area contributed by atoms with E-state index in [1.165, 1.54) is 12.1 Å². The van der Waals surface area contributed by atoms with Crippen LogP contribution >= 0.6 is 15.9 Å². The minimum absolute atomic E-state index is 0.0267. The fraction of sp³-hybridized carbons (Fsp3) is 0.222. The van der Waals surface area contributed by atoms with Crippen LogP contribution in [0.3, 0.4) is 0 Å². The van der Waals surface area contributed by atoms with Gasteiger partial charge in [0.2, 0.25) is 0 Å². The summed E-state index contributed by atoms with van der Waals surface area (Å²) in [5.41, 5.74) is 1.17. The summed E-state index contributed by atoms with van der Waals surface area (Å²) >= 11 is 3.28. The van der Waals surface area contributed by atoms with Crippen LogP contribution in [0.2, 0.25) is 0 Å². The van der Waals surface area contributed by atoms with E-state index in [1.54, 1.807) is 32.0 Å². The normalized spacial score (nSPS) is 10.1. The first-order valence-electron chi connectivity index (χ1n) is 7.26. The highest BCUT2D eigenvalue weighted by Crippen LogP contribution is 2.32. The average Bonchev–Trinajstić information content (AvgIpc) is 2.54. The van der Waals surface area contributed by atoms with Gasteiger partial charge in [0.15, 0.2) is 11.6 Å². The van der Waals surface area contributed by atoms with Crippen LogP contribution in [0, 0.1) is 24.1 Å². The third kappa shape index (κ3) is 4.33. The Labute approximate surface area is 147 Å². The van der Waals surface area contributed by atoms with Crippen LogP contribution in [0.25, 0.3) is 0 Å². The molecule has 0 saturated carbocycles. The van der Waals surface area contributed by atoms with Gasteiger partial charge in [0.05, 0.1) is 24.7 Å². The molecule has 0 bridgehead atoms. The number of halogens is 2. The third-order valence-electron chi connectivity index (χ3n) is 3.23. The quantitative estimate of drug-likeness (QED) is 0.695. The molecule has 2 aromatic rings. The van der Waals surface area contributed by atoms with Crippen molar-refractivity contribution in [2.24, 2.45) is 0 Å². The number of nitrogens with zero attached hydrogens (tertiary/aromatic N) is 1. The molecule has 0 aliphatic rings. The number of hydrogen-bond acceptors (Lipinski definition) is 4. The van der Waals surface area contributed by atoms with Gasteiger partial charge in [-0.1, -0.05) is 28.1 Å². The van der Waals surface area contributed by atoms with Crippen molar-refractivity contribution in [3.8, 4) is 17.6 Å². The summed E-state index contributed by atoms with van der Waals surface area (Å²) in [5, 5.41) is 9.00. The second-order valence-electron chi connectivity index (χ2n) is 5.06. The maximum absolute atomic E-state index is 14.7. The van der Waals surface area contributed by atoms with Crippen molar-refractivity contribution in [2.75, 3.05) is 6.61 Å². The highest BCUT2D eigenvalue weighted by molar-refractivity contribution is 9.10. The molecule has 4 nitrogen and oxygen atoms in total. The highest BCUT2D eigenvalue weighted by atomic mass is 79.9. The Bertz CT molecular complexity index is 815. The molecular weight excluding hydrogens is 377 g/mol. The van der Waals surface area contributed by atoms with Crippen LogP contribution < -0.4 is 4.74 Å². The molecule has 0 N–H and O–H groups in total. The van der Waals surface area contributed by atoms with E-state index in [2.05, 4.69) is 15.9 Å². The van der Waals surface area contributed by atoms with Crippen molar-refractivity contribution in [1.29, 1.82) is 5.26 Å². The fourth-order valence-electron chi connectivity index (χ4n) is 2.13. The Morgan fingerprint density at radius 1 is 1.33 bits per heavy atom. The lowest BCUT2D eigenvalue weighted by atomic mass is 10.1. The van der Waals surface area contributed by atoms with Gasteiger partial charge in [-0.15, -0.1) is 0 Å². The van der Waals surface area contributed by atoms with Crippen molar-refractivity contribution in [3.63, 3.8) is 0 Å². The van der Waals surface area contributed by atoms with E-state index >= 15 is 0 Å². The maximum Gasteiger partial charge on any atom is 0.310 e. The second-order valence-corrected chi connectivity index (χ2v) is 5.97. The van der Waals surface area contributed by atoms with Gasteiger partial charge >= 0.3 is 5.97 Å². The Hall–Kier alpha value is -2.39. The summed E-state index contributed by atoms with van der Waals surface area (Å²) in [6, 6.07) is 10.0. The molecule has 0 saturated heterocycles. The smallest absolute Gasteiger partial charge is 0.310 e. The van der Waals surface area contributed by atoms with Gasteiger partial charge in [-0.05, 0) is 37.6 Å². The zero-order chi connectivity index (χ0) is 17.7. The second kappa shape index (κ2) is 7.93. The molecule has 0 fully saturated rings. The Morgan fingerprint density at radius 3 is 2.75 bits per heavy atom. The van der Waals surface area contributed by atoms with E-state index in [1.807, 2.05) is 6.07 Å². The predicted octanol–water partition coefficient (Wildman–Crippen LogP) is 4.67. The van der Waals surface area contributed by atoms with Crippen molar-refractivity contribution >= 4 is 21.9 Å². The Kier molecular flexibility index (Phi) is 5.93. The lowest BCUT2D eigenvalue weighted by Gasteiger charge is -2.13. The van der Waals surface area contributed by atoms with Crippen LogP contribution in [-0.4, -0.2) is 12.6 Å². The van der Waals surface area contributed by atoms with Gasteiger partial charge in [-0.3, -0.25) is 4.79 Å². The van der Waals surface area contributed by atoms with E-state index in [4.69, 9.17) is 14.7 Å². The predicted molar refractivity (Wildman–Crippen MR) is 90.4 cm³/mol. The summed E-state index contributed by atoms with van der Waals surface area (Å²) in [6.45, 7) is 3.64. The van der Waals surface area contributed by atoms with Crippen LogP contribution in [-0.2, 0) is 16.0 Å². The first-order chi connectivity index (χ1) is 11.4. The number of benzene rings is 2. The summed E-state index contributed by atoms with van der Waals surface area (Å²) in [7, 11) is 0. The van der Waals surface area contributed by atoms with Crippen LogP contribution in [0.15, 0.2) is 34.8 Å². The molecule has 0 heterocycles. The van der Waals surface area contributed by atoms with Gasteiger partial charge in [-0.2, -0.15) is 5.26 Å². The lowest BCUT2D eigenvalue weighted by molar-refractivity contribution is -0.142. The average molecular weight is 392 g/mol. The molecule has 2 aromatic carbocycles. The number of nitriles is 1. The molecule has 0 radical (unpaired) electrons. The number of carbonyl (C=O) groups is 1. The number of esters is 1. The van der Waals surface area contributed by atoms with Crippen LogP contribution in [0.5, 0.6) is 11.5 Å². The maximum atomic E-state index is 14.7. The fourth-order valence-corrected chi connectivity index (χ4v) is 2.60. The first-order valence-corrected chi connectivity index (χ1v) is 8.06. The zero-order valence-electron chi connectivity index (χ0n) is 13.2. The van der Waals surface area contributed by atoms with Gasteiger partial charge in [-0.25, -0.2) is 4.39 Å². The number of hydrogen-bond donors (Lipinski definition) is 0. The van der Waals surface area contributed by atoms with Crippen molar-refractivity contribution in [2.45, 2.75) is 20.3 Å². The van der Waals surface area contributed by atoms with E-state index < -0.39 is 11.8 Å². The van der Waals surface area contributed by atoms with Crippen LogP contribution in [0.1, 0.15) is 23.6 Å². The van der Waals surface area contributed by atoms with Crippen LogP contribution in [0.4, 0.5) is 4.39 Å². The van der Waals surface area contributed by atoms with Crippen molar-refractivity contribution < 1.29 is 18.7 Å². The third-order valence-corrected chi connectivity index (χ3v) is 3.69. The molecule has 24 heavy (non-hydrogen) atoms. The van der Waals surface area contributed by atoms with Gasteiger partial charge in [0, 0.05) is 10.0 Å². The Balaban J connectivity index is 2.35. The SMILES string of the molecule is CCOC(=O)Cc1ccc(C)c(Oc2cc(Br)cc(C#N)c2)c1F. The largest absolute Gasteiger partial charge is 0.466 e. The molecular formula is C18H15BrFNO3. The van der Waals surface area contributed by atoms with E-state index in [0.717, 1.165) is 0 Å². The minimum atomic E-state index is -0.610. The standard InChI is InChI=1S/C18H15BrFNO3/c1-3-23-16(22)8-13-5-4-11(2)18(17(13)20)24-15-7-12(10-21)6-14(19)9-15/h4-7,9H,3,8H2,1-2H3. The Morgan fingerprint density at radius 2 is 2.08 bits per heavy atom. The summed E-state index contributed by atoms with van der Waals surface area (Å²) in [6.07, 6.45) is -0.168. The molecule has 124 valence electrons. The molecule has 0 aliphatic carbocycles. The number of rotatable bonds is 5. The van der Waals surface area contributed by atoms with E-state index in [-0.39, 0.29) is 24.3 Å². The number of carbonyl (C=O) groups excluding carboxylic acids is 1. The molecule has 0 aliphatic heterocycles. The number of ether oxygens (including phenoxy) is 2. The van der Waals surface area contributed by atoms with Gasteiger partial charge in [0.25, 0.3) is 0 Å². The van der Waals surface area contributed by atoms with Gasteiger partial charge in [0.1, 0.15) is 5.75 Å². The molecule has 2 rings (SSSR count). The van der Waals surface area contributed by atoms with E-state index in [0.29, 0.717) is 21.3 Å². The minimum Gasteiger partial charge on any atom is -0.466 e. The topological polar surface area (TPSA) is 59.3 Å². The molecule has 0 aromatic heterocycles. The summed E-state index contributed by atoms with van der Waals surface area (Å²) < 4.78 is 25.8. The van der Waals surface area contributed by atoms with Crippen molar-refractivity contribution in [1.82, 2.24) is 0 Å². The monoisotopic (exact) mass is 391 g/mol. The zero-order valence-corrected chi connectivity index (χ0v) is 14.8. The summed E-state index contributed by atoms with van der Waals surface area (Å²) in [4.78, 5) is 11.6. The molecule has 0 atom stereocenters.